The molecule has 4 nitrogen and oxygen atoms in total. The second-order valence-corrected chi connectivity index (χ2v) is 10.9. The third-order valence-electron chi connectivity index (χ3n) is 10.0. The highest BCUT2D eigenvalue weighted by molar-refractivity contribution is 5.11. The Morgan fingerprint density at radius 3 is 1.29 bits per heavy atom. The van der Waals surface area contributed by atoms with E-state index in [1.54, 1.807) is 0 Å². The molecule has 4 saturated heterocycles. The third-order valence-corrected chi connectivity index (χ3v) is 10.0. The van der Waals surface area contributed by atoms with Crippen molar-refractivity contribution in [2.24, 2.45) is 0 Å². The molecule has 4 heteroatoms. The van der Waals surface area contributed by atoms with Gasteiger partial charge in [0.25, 0.3) is 0 Å². The zero-order valence-corrected chi connectivity index (χ0v) is 18.3. The molecule has 4 bridgehead atoms. The van der Waals surface area contributed by atoms with Gasteiger partial charge in [0.1, 0.15) is 12.1 Å². The smallest absolute Gasteiger partial charge is 0.186 e. The molecule has 4 fully saturated rings. The van der Waals surface area contributed by atoms with Gasteiger partial charge in [-0.3, -0.25) is 0 Å². The molecule has 28 heavy (non-hydrogen) atoms. The number of hydrogen-bond donors (Lipinski definition) is 0. The van der Waals surface area contributed by atoms with E-state index >= 15 is 0 Å². The zero-order chi connectivity index (χ0) is 19.9. The average Bonchev–Trinajstić information content (AvgIpc) is 3.36. The number of rotatable bonds is 9. The van der Waals surface area contributed by atoms with Crippen LogP contribution in [0.1, 0.15) is 89.9 Å². The van der Waals surface area contributed by atoms with Crippen LogP contribution in [0.4, 0.5) is 0 Å². The first-order valence-electron chi connectivity index (χ1n) is 12.0. The Morgan fingerprint density at radius 2 is 0.964 bits per heavy atom. The molecule has 0 saturated carbocycles. The molecule has 0 amide bonds. The molecule has 0 aromatic heterocycles. The van der Waals surface area contributed by atoms with Gasteiger partial charge in [0.2, 0.25) is 0 Å². The molecule has 0 N–H and O–H groups in total. The first kappa shape index (κ1) is 20.2. The summed E-state index contributed by atoms with van der Waals surface area (Å²) < 4.78 is 2.11. The second kappa shape index (κ2) is 7.30. The monoisotopic (exact) mass is 384 g/mol. The lowest BCUT2D eigenvalue weighted by atomic mass is 9.89. The van der Waals surface area contributed by atoms with Crippen molar-refractivity contribution >= 4 is 0 Å². The van der Waals surface area contributed by atoms with Crippen molar-refractivity contribution in [3.63, 3.8) is 0 Å². The Kier molecular flexibility index (Phi) is 5.26. The van der Waals surface area contributed by atoms with Crippen molar-refractivity contribution < 1.29 is 8.97 Å². The first-order valence-corrected chi connectivity index (χ1v) is 12.0. The second-order valence-electron chi connectivity index (χ2n) is 10.9. The Balaban J connectivity index is 1.14. The van der Waals surface area contributed by atoms with Crippen LogP contribution in [-0.4, -0.2) is 59.3 Å². The average molecular weight is 385 g/mol. The summed E-state index contributed by atoms with van der Waals surface area (Å²) in [5, 5.41) is 19.6. The quantitative estimate of drug-likeness (QED) is 0.429. The summed E-state index contributed by atoms with van der Waals surface area (Å²) in [5.41, 5.74) is -0.0925. The molecule has 0 aromatic rings. The van der Waals surface area contributed by atoms with Gasteiger partial charge in [0.05, 0.1) is 39.3 Å². The highest BCUT2D eigenvalue weighted by Gasteiger charge is 2.63. The maximum absolute atomic E-state index is 9.78. The van der Waals surface area contributed by atoms with Crippen LogP contribution in [-0.2, 0) is 0 Å². The molecule has 4 heterocycles. The van der Waals surface area contributed by atoms with E-state index in [-0.39, 0.29) is 11.1 Å². The minimum Gasteiger partial charge on any atom is -0.307 e. The van der Waals surface area contributed by atoms with Gasteiger partial charge in [-0.1, -0.05) is 12.8 Å². The molecule has 4 rings (SSSR count). The van der Waals surface area contributed by atoms with E-state index in [2.05, 4.69) is 26.2 Å². The van der Waals surface area contributed by atoms with Gasteiger partial charge in [-0.2, -0.15) is 10.5 Å². The Morgan fingerprint density at radius 1 is 0.643 bits per heavy atom. The largest absolute Gasteiger partial charge is 0.307 e. The van der Waals surface area contributed by atoms with Crippen LogP contribution in [0.15, 0.2) is 0 Å². The van der Waals surface area contributed by atoms with E-state index < -0.39 is 0 Å². The number of hydrogen-bond acceptors (Lipinski definition) is 2. The number of quaternary nitrogens is 2. The summed E-state index contributed by atoms with van der Waals surface area (Å²) in [6.07, 6.45) is 17.5. The standard InChI is InChI=1S/C24H40N4/c1-27(21-9-13-23(27,19-25)14-10-21)17-7-5-3-4-6-8-18-28(2)22-11-15-24(28,20-26)16-12-22/h21-22H,3-18H2,1-2H3/q+2. The molecule has 2 atom stereocenters. The number of fused-ring (bicyclic) bond motifs is 4. The number of unbranched alkanes of at least 4 members (excludes halogenated alkanes) is 5. The lowest BCUT2D eigenvalue weighted by Gasteiger charge is -2.40. The lowest BCUT2D eigenvalue weighted by Crippen LogP contribution is -2.56. The molecule has 154 valence electrons. The highest BCUT2D eigenvalue weighted by Crippen LogP contribution is 2.52. The summed E-state index contributed by atoms with van der Waals surface area (Å²) in [5.74, 6) is 0. The molecular formula is C24H40N4+2. The normalized spacial score (nSPS) is 46.0. The molecule has 4 aliphatic heterocycles. The zero-order valence-electron chi connectivity index (χ0n) is 18.3. The SMILES string of the molecule is C[N+]1(CCCCCCCC[N+]2(C)C3CCC2(C#N)CC3)C2CCC1(C#N)CC2. The molecule has 4 aliphatic rings. The van der Waals surface area contributed by atoms with E-state index in [0.29, 0.717) is 0 Å². The van der Waals surface area contributed by atoms with E-state index in [0.717, 1.165) is 46.7 Å². The molecule has 0 aromatic carbocycles. The summed E-state index contributed by atoms with van der Waals surface area (Å²) in [7, 11) is 4.74. The molecule has 0 aliphatic carbocycles. The van der Waals surface area contributed by atoms with E-state index in [1.807, 2.05) is 0 Å². The van der Waals surface area contributed by atoms with Crippen LogP contribution < -0.4 is 0 Å². The summed E-state index contributed by atoms with van der Waals surface area (Å²) in [6.45, 7) is 2.42. The van der Waals surface area contributed by atoms with Crippen LogP contribution >= 0.6 is 0 Å². The van der Waals surface area contributed by atoms with Gasteiger partial charge in [-0.15, -0.1) is 0 Å². The van der Waals surface area contributed by atoms with E-state index in [9.17, 15) is 10.5 Å². The summed E-state index contributed by atoms with van der Waals surface area (Å²) >= 11 is 0. The molecule has 0 radical (unpaired) electrons. The van der Waals surface area contributed by atoms with Crippen molar-refractivity contribution in [3.8, 4) is 12.1 Å². The molecule has 0 spiro atoms. The minimum atomic E-state index is -0.0463. The van der Waals surface area contributed by atoms with Gasteiger partial charge in [0, 0.05) is 51.4 Å². The summed E-state index contributed by atoms with van der Waals surface area (Å²) in [4.78, 5) is 0. The van der Waals surface area contributed by atoms with Crippen LogP contribution in [0.5, 0.6) is 0 Å². The fraction of sp³-hybridized carbons (Fsp3) is 0.917. The fourth-order valence-electron chi connectivity index (χ4n) is 7.85. The van der Waals surface area contributed by atoms with Crippen molar-refractivity contribution in [3.05, 3.63) is 0 Å². The fourth-order valence-corrected chi connectivity index (χ4v) is 7.85. The number of nitrogens with zero attached hydrogens (tertiary/aromatic N) is 4. The van der Waals surface area contributed by atoms with Crippen molar-refractivity contribution in [2.45, 2.75) is 113 Å². The van der Waals surface area contributed by atoms with Crippen molar-refractivity contribution in [1.82, 2.24) is 0 Å². The first-order chi connectivity index (χ1) is 13.5. The maximum Gasteiger partial charge on any atom is 0.186 e. The predicted molar refractivity (Wildman–Crippen MR) is 111 cm³/mol. The van der Waals surface area contributed by atoms with Gasteiger partial charge in [-0.05, 0) is 25.7 Å². The van der Waals surface area contributed by atoms with E-state index in [1.165, 1.54) is 77.3 Å². The topological polar surface area (TPSA) is 47.6 Å². The Labute approximate surface area is 172 Å². The van der Waals surface area contributed by atoms with Gasteiger partial charge >= 0.3 is 0 Å². The van der Waals surface area contributed by atoms with Gasteiger partial charge < -0.3 is 8.97 Å². The molecule has 2 unspecified atom stereocenters. The minimum absolute atomic E-state index is 0.0463. The highest BCUT2D eigenvalue weighted by atomic mass is 15.5. The molecular weight excluding hydrogens is 344 g/mol. The van der Waals surface area contributed by atoms with Crippen LogP contribution in [0.2, 0.25) is 0 Å². The van der Waals surface area contributed by atoms with Crippen LogP contribution in [0.25, 0.3) is 0 Å². The Hall–Kier alpha value is -1.10. The van der Waals surface area contributed by atoms with Crippen LogP contribution in [0.3, 0.4) is 0 Å². The Bertz CT molecular complexity index is 599. The lowest BCUT2D eigenvalue weighted by molar-refractivity contribution is -0.946. The maximum atomic E-state index is 9.78. The van der Waals surface area contributed by atoms with E-state index in [4.69, 9.17) is 0 Å². The van der Waals surface area contributed by atoms with Gasteiger partial charge in [-0.25, -0.2) is 0 Å². The third kappa shape index (κ3) is 2.75. The summed E-state index contributed by atoms with van der Waals surface area (Å²) in [6, 6.07) is 6.97. The van der Waals surface area contributed by atoms with Gasteiger partial charge in [0.15, 0.2) is 11.1 Å². The van der Waals surface area contributed by atoms with Crippen LogP contribution in [0, 0.1) is 22.7 Å². The van der Waals surface area contributed by atoms with Crippen molar-refractivity contribution in [1.29, 1.82) is 10.5 Å². The predicted octanol–water partition coefficient (Wildman–Crippen LogP) is 4.66. The van der Waals surface area contributed by atoms with Crippen molar-refractivity contribution in [2.75, 3.05) is 27.2 Å². The number of nitriles is 2.